The lowest BCUT2D eigenvalue weighted by molar-refractivity contribution is -0.0300. The van der Waals surface area contributed by atoms with Crippen molar-refractivity contribution in [1.29, 1.82) is 0 Å². The molecule has 109 valence electrons. The van der Waals surface area contributed by atoms with Gasteiger partial charge >= 0.3 is 0 Å². The SMILES string of the molecule is [O]C(CN1CCCCC1)(c1ccccc1)c1ccccc1. The van der Waals surface area contributed by atoms with Gasteiger partial charge in [-0.25, -0.2) is 5.11 Å². The maximum Gasteiger partial charge on any atom is 0.166 e. The Morgan fingerprint density at radius 3 is 1.71 bits per heavy atom. The summed E-state index contributed by atoms with van der Waals surface area (Å²) in [6.45, 7) is 2.65. The van der Waals surface area contributed by atoms with E-state index in [1.54, 1.807) is 0 Å². The Bertz CT molecular complexity index is 507. The lowest BCUT2D eigenvalue weighted by Crippen LogP contribution is -2.43. The first kappa shape index (κ1) is 14.3. The monoisotopic (exact) mass is 280 g/mol. The maximum atomic E-state index is 13.7. The summed E-state index contributed by atoms with van der Waals surface area (Å²) in [5, 5.41) is 13.7. The third kappa shape index (κ3) is 3.17. The van der Waals surface area contributed by atoms with Gasteiger partial charge < -0.3 is 0 Å². The molecule has 1 heterocycles. The second-order valence-electron chi connectivity index (χ2n) is 5.90. The lowest BCUT2D eigenvalue weighted by Gasteiger charge is -2.35. The zero-order valence-corrected chi connectivity index (χ0v) is 12.4. The molecule has 3 rings (SSSR count). The minimum absolute atomic E-state index is 0.557. The average Bonchev–Trinajstić information content (AvgIpc) is 2.57. The number of benzene rings is 2. The quantitative estimate of drug-likeness (QED) is 0.834. The Labute approximate surface area is 127 Å². The van der Waals surface area contributed by atoms with Crippen molar-refractivity contribution in [2.24, 2.45) is 0 Å². The van der Waals surface area contributed by atoms with Gasteiger partial charge in [0.05, 0.1) is 0 Å². The van der Waals surface area contributed by atoms with Crippen LogP contribution in [0.2, 0.25) is 0 Å². The van der Waals surface area contributed by atoms with Gasteiger partial charge in [0.15, 0.2) is 5.60 Å². The summed E-state index contributed by atoms with van der Waals surface area (Å²) < 4.78 is 0. The van der Waals surface area contributed by atoms with Crippen molar-refractivity contribution in [3.05, 3.63) is 71.8 Å². The molecular weight excluding hydrogens is 258 g/mol. The van der Waals surface area contributed by atoms with Crippen LogP contribution in [0, 0.1) is 0 Å². The van der Waals surface area contributed by atoms with Gasteiger partial charge in [-0.15, -0.1) is 0 Å². The molecule has 0 aromatic heterocycles. The van der Waals surface area contributed by atoms with E-state index in [1.165, 1.54) is 19.3 Å². The third-order valence-electron chi connectivity index (χ3n) is 4.38. The van der Waals surface area contributed by atoms with E-state index in [0.717, 1.165) is 24.2 Å². The van der Waals surface area contributed by atoms with Crippen LogP contribution in [0.1, 0.15) is 30.4 Å². The molecule has 0 aliphatic carbocycles. The smallest absolute Gasteiger partial charge is 0.166 e. The number of hydrogen-bond donors (Lipinski definition) is 0. The van der Waals surface area contributed by atoms with Crippen molar-refractivity contribution in [3.63, 3.8) is 0 Å². The normalized spacial score (nSPS) is 16.8. The van der Waals surface area contributed by atoms with E-state index < -0.39 is 5.60 Å². The molecule has 2 heteroatoms. The van der Waals surface area contributed by atoms with Crippen LogP contribution in [0.3, 0.4) is 0 Å². The molecule has 1 radical (unpaired) electrons. The Morgan fingerprint density at radius 1 is 0.762 bits per heavy atom. The van der Waals surface area contributed by atoms with E-state index in [-0.39, 0.29) is 0 Å². The fourth-order valence-electron chi connectivity index (χ4n) is 3.20. The summed E-state index contributed by atoms with van der Waals surface area (Å²) in [7, 11) is 0. The molecular formula is C19H22NO. The highest BCUT2D eigenvalue weighted by molar-refractivity contribution is 5.36. The Balaban J connectivity index is 1.94. The standard InChI is InChI=1S/C19H22NO/c21-19(17-10-4-1-5-11-17,18-12-6-2-7-13-18)16-20-14-8-3-9-15-20/h1-2,4-7,10-13H,3,8-9,14-16H2. The zero-order chi connectivity index (χ0) is 14.5. The van der Waals surface area contributed by atoms with Gasteiger partial charge in [-0.2, -0.15) is 0 Å². The molecule has 0 bridgehead atoms. The summed E-state index contributed by atoms with van der Waals surface area (Å²) >= 11 is 0. The van der Waals surface area contributed by atoms with Gasteiger partial charge in [0, 0.05) is 6.54 Å². The highest BCUT2D eigenvalue weighted by Crippen LogP contribution is 2.32. The largest absolute Gasteiger partial charge is 0.300 e. The van der Waals surface area contributed by atoms with Crippen molar-refractivity contribution in [1.82, 2.24) is 4.90 Å². The van der Waals surface area contributed by atoms with Crippen LogP contribution in [0.4, 0.5) is 0 Å². The van der Waals surface area contributed by atoms with Gasteiger partial charge in [0.2, 0.25) is 0 Å². The fourth-order valence-corrected chi connectivity index (χ4v) is 3.20. The topological polar surface area (TPSA) is 23.1 Å². The third-order valence-corrected chi connectivity index (χ3v) is 4.38. The second kappa shape index (κ2) is 6.42. The molecule has 0 saturated carbocycles. The highest BCUT2D eigenvalue weighted by Gasteiger charge is 2.36. The van der Waals surface area contributed by atoms with Gasteiger partial charge in [0.1, 0.15) is 0 Å². The van der Waals surface area contributed by atoms with Crippen molar-refractivity contribution in [2.45, 2.75) is 24.9 Å². The molecule has 2 nitrogen and oxygen atoms in total. The summed E-state index contributed by atoms with van der Waals surface area (Å²) in [6, 6.07) is 19.6. The van der Waals surface area contributed by atoms with Crippen LogP contribution in [0.5, 0.6) is 0 Å². The molecule has 0 unspecified atom stereocenters. The predicted molar refractivity (Wildman–Crippen MR) is 84.6 cm³/mol. The molecule has 1 aliphatic rings. The summed E-state index contributed by atoms with van der Waals surface area (Å²) in [4.78, 5) is 2.33. The van der Waals surface area contributed by atoms with Gasteiger partial charge in [-0.05, 0) is 37.1 Å². The predicted octanol–water partition coefficient (Wildman–Crippen LogP) is 3.85. The number of likely N-dealkylation sites (tertiary alicyclic amines) is 1. The Hall–Kier alpha value is -1.64. The van der Waals surface area contributed by atoms with E-state index in [0.29, 0.717) is 6.54 Å². The van der Waals surface area contributed by atoms with E-state index in [4.69, 9.17) is 0 Å². The van der Waals surface area contributed by atoms with Crippen molar-refractivity contribution in [3.8, 4) is 0 Å². The maximum absolute atomic E-state index is 13.7. The van der Waals surface area contributed by atoms with Gasteiger partial charge in [0.25, 0.3) is 0 Å². The van der Waals surface area contributed by atoms with Crippen LogP contribution in [-0.2, 0) is 10.7 Å². The average molecular weight is 280 g/mol. The van der Waals surface area contributed by atoms with Gasteiger partial charge in [-0.3, -0.25) is 4.90 Å². The van der Waals surface area contributed by atoms with Crippen LogP contribution >= 0.6 is 0 Å². The lowest BCUT2D eigenvalue weighted by atomic mass is 9.85. The molecule has 0 amide bonds. The van der Waals surface area contributed by atoms with Crippen molar-refractivity contribution in [2.75, 3.05) is 19.6 Å². The van der Waals surface area contributed by atoms with Crippen LogP contribution in [0.15, 0.2) is 60.7 Å². The van der Waals surface area contributed by atoms with E-state index in [1.807, 2.05) is 60.7 Å². The summed E-state index contributed by atoms with van der Waals surface area (Å²) in [5.74, 6) is 0. The molecule has 1 saturated heterocycles. The fraction of sp³-hybridized carbons (Fsp3) is 0.368. The van der Waals surface area contributed by atoms with Crippen LogP contribution in [-0.4, -0.2) is 24.5 Å². The van der Waals surface area contributed by atoms with E-state index in [9.17, 15) is 5.11 Å². The first-order valence-corrected chi connectivity index (χ1v) is 7.83. The highest BCUT2D eigenvalue weighted by atomic mass is 16.3. The molecule has 2 aromatic carbocycles. The number of hydrogen-bond acceptors (Lipinski definition) is 1. The van der Waals surface area contributed by atoms with Gasteiger partial charge in [-0.1, -0.05) is 67.1 Å². The van der Waals surface area contributed by atoms with Crippen molar-refractivity contribution >= 4 is 0 Å². The number of rotatable bonds is 4. The molecule has 0 N–H and O–H groups in total. The molecule has 2 aromatic rings. The molecule has 1 fully saturated rings. The molecule has 0 spiro atoms. The first-order chi connectivity index (χ1) is 10.3. The minimum Gasteiger partial charge on any atom is -0.300 e. The zero-order valence-electron chi connectivity index (χ0n) is 12.4. The summed E-state index contributed by atoms with van der Waals surface area (Å²) in [5.41, 5.74) is 0.545. The Morgan fingerprint density at radius 2 is 1.24 bits per heavy atom. The van der Waals surface area contributed by atoms with Crippen molar-refractivity contribution < 1.29 is 5.11 Å². The Kier molecular flexibility index (Phi) is 4.37. The second-order valence-corrected chi connectivity index (χ2v) is 5.90. The van der Waals surface area contributed by atoms with Crippen LogP contribution < -0.4 is 0 Å². The van der Waals surface area contributed by atoms with Crippen LogP contribution in [0.25, 0.3) is 0 Å². The minimum atomic E-state index is -1.18. The molecule has 0 atom stereocenters. The first-order valence-electron chi connectivity index (χ1n) is 7.83. The number of piperidine rings is 1. The van der Waals surface area contributed by atoms with E-state index >= 15 is 0 Å². The molecule has 21 heavy (non-hydrogen) atoms. The van der Waals surface area contributed by atoms with E-state index in [2.05, 4.69) is 4.90 Å². The molecule has 1 aliphatic heterocycles. The number of nitrogens with zero attached hydrogens (tertiary/aromatic N) is 1. The summed E-state index contributed by atoms with van der Waals surface area (Å²) in [6.07, 6.45) is 3.71.